The maximum absolute atomic E-state index is 11.8. The molecule has 0 aliphatic rings. The maximum atomic E-state index is 11.8. The van der Waals surface area contributed by atoms with E-state index in [1.807, 2.05) is 51.2 Å². The Morgan fingerprint density at radius 1 is 1.16 bits per heavy atom. The lowest BCUT2D eigenvalue weighted by Crippen LogP contribution is -2.36. The van der Waals surface area contributed by atoms with Gasteiger partial charge in [0.05, 0.1) is 6.10 Å². The van der Waals surface area contributed by atoms with Crippen molar-refractivity contribution in [1.82, 2.24) is 5.32 Å². The number of benzene rings is 1. The van der Waals surface area contributed by atoms with Gasteiger partial charge in [-0.1, -0.05) is 44.2 Å². The van der Waals surface area contributed by atoms with Crippen LogP contribution in [0.5, 0.6) is 0 Å². The summed E-state index contributed by atoms with van der Waals surface area (Å²) in [4.78, 5) is 11.8. The molecule has 0 saturated carbocycles. The molecule has 0 fully saturated rings. The molecule has 2 aromatic carbocycles. The summed E-state index contributed by atoms with van der Waals surface area (Å²) in [5, 5.41) is 13.4. The van der Waals surface area contributed by atoms with Crippen molar-refractivity contribution in [3.05, 3.63) is 46.1 Å². The largest absolute Gasteiger partial charge is 0.387 e. The highest BCUT2D eigenvalue weighted by atomic mass is 35.5. The van der Waals surface area contributed by atoms with Gasteiger partial charge in [-0.05, 0) is 18.5 Å². The van der Waals surface area contributed by atoms with Crippen molar-refractivity contribution in [1.29, 1.82) is 0 Å². The normalized spacial score (nSPS) is 14.4. The van der Waals surface area contributed by atoms with Crippen LogP contribution in [-0.4, -0.2) is 18.2 Å². The smallest absolute Gasteiger partial charge is 0.193 e. The summed E-state index contributed by atoms with van der Waals surface area (Å²) >= 11 is 0. The fraction of sp³-hybridized carbons (Fsp3) is 0.400. The summed E-state index contributed by atoms with van der Waals surface area (Å²) in [6.45, 7) is 4.06. The lowest BCUT2D eigenvalue weighted by molar-refractivity contribution is 0.112. The van der Waals surface area contributed by atoms with Crippen LogP contribution in [0.25, 0.3) is 11.1 Å². The van der Waals surface area contributed by atoms with E-state index in [9.17, 15) is 9.90 Å². The second-order valence-electron chi connectivity index (χ2n) is 4.99. The first kappa shape index (κ1) is 15.9. The zero-order chi connectivity index (χ0) is 13.3. The molecule has 4 heteroatoms. The quantitative estimate of drug-likeness (QED) is 0.884. The van der Waals surface area contributed by atoms with Crippen molar-refractivity contribution in [3.8, 4) is 11.1 Å². The Balaban J connectivity index is 0.00000180. The van der Waals surface area contributed by atoms with Gasteiger partial charge in [0.2, 0.25) is 0 Å². The molecular formula is C15H20ClNO2. The Bertz CT molecular complexity index is 529. The third kappa shape index (κ3) is 3.06. The van der Waals surface area contributed by atoms with Gasteiger partial charge in [-0.3, -0.25) is 4.79 Å². The summed E-state index contributed by atoms with van der Waals surface area (Å²) in [6.07, 6.45) is -0.724. The second-order valence-corrected chi connectivity index (χ2v) is 4.99. The molecule has 0 radical (unpaired) electrons. The molecule has 0 aromatic heterocycles. The fourth-order valence-corrected chi connectivity index (χ4v) is 2.39. The molecule has 3 nitrogen and oxygen atoms in total. The van der Waals surface area contributed by atoms with Crippen LogP contribution in [0.4, 0.5) is 0 Å². The van der Waals surface area contributed by atoms with Gasteiger partial charge in [-0.25, -0.2) is 0 Å². The average Bonchev–Trinajstić information content (AvgIpc) is 3.02. The van der Waals surface area contributed by atoms with Crippen molar-refractivity contribution in [2.45, 2.75) is 26.0 Å². The Hall–Kier alpha value is -1.16. The molecule has 104 valence electrons. The predicted octanol–water partition coefficient (Wildman–Crippen LogP) is 2.29. The highest BCUT2D eigenvalue weighted by Gasteiger charge is 2.34. The number of hydrogen-bond acceptors (Lipinski definition) is 3. The van der Waals surface area contributed by atoms with Gasteiger partial charge in [-0.15, -0.1) is 12.4 Å². The Morgan fingerprint density at radius 2 is 1.74 bits per heavy atom. The Morgan fingerprint density at radius 3 is 2.21 bits per heavy atom. The van der Waals surface area contributed by atoms with Gasteiger partial charge in [0.25, 0.3) is 0 Å². The average molecular weight is 282 g/mol. The van der Waals surface area contributed by atoms with E-state index in [0.29, 0.717) is 11.1 Å². The van der Waals surface area contributed by atoms with E-state index in [4.69, 9.17) is 0 Å². The highest BCUT2D eigenvalue weighted by Crippen LogP contribution is 2.33. The number of nitrogens with one attached hydrogen (secondary N) is 1. The summed E-state index contributed by atoms with van der Waals surface area (Å²) in [5.41, 5.74) is 2.14. The second kappa shape index (κ2) is 6.33. The molecule has 0 aliphatic carbocycles. The van der Waals surface area contributed by atoms with Crippen LogP contribution in [0.2, 0.25) is 0 Å². The first-order valence-electron chi connectivity index (χ1n) is 6.27. The molecule has 2 atom stereocenters. The van der Waals surface area contributed by atoms with Crippen molar-refractivity contribution in [2.24, 2.45) is 5.92 Å². The molecule has 1 unspecified atom stereocenters. The predicted molar refractivity (Wildman–Crippen MR) is 80.4 cm³/mol. The van der Waals surface area contributed by atoms with Crippen LogP contribution >= 0.6 is 12.4 Å². The number of rotatable bonds is 5. The highest BCUT2D eigenvalue weighted by molar-refractivity contribution is 5.85. The molecule has 0 amide bonds. The van der Waals surface area contributed by atoms with Crippen LogP contribution in [0, 0.1) is 5.92 Å². The minimum absolute atomic E-state index is 0. The van der Waals surface area contributed by atoms with E-state index < -0.39 is 6.10 Å². The first-order chi connectivity index (χ1) is 8.57. The van der Waals surface area contributed by atoms with Crippen molar-refractivity contribution >= 4 is 12.4 Å². The number of aliphatic hydroxyl groups is 1. The molecule has 0 saturated heterocycles. The summed E-state index contributed by atoms with van der Waals surface area (Å²) < 4.78 is 0. The molecule has 2 aromatic rings. The van der Waals surface area contributed by atoms with E-state index in [1.54, 1.807) is 0 Å². The molecule has 19 heavy (non-hydrogen) atoms. The van der Waals surface area contributed by atoms with Crippen molar-refractivity contribution < 1.29 is 5.11 Å². The summed E-state index contributed by atoms with van der Waals surface area (Å²) in [6, 6.07) is 9.42. The van der Waals surface area contributed by atoms with Crippen molar-refractivity contribution in [2.75, 3.05) is 7.05 Å². The lowest BCUT2D eigenvalue weighted by Gasteiger charge is -2.23. The van der Waals surface area contributed by atoms with Crippen LogP contribution in [0.1, 0.15) is 25.5 Å². The van der Waals surface area contributed by atoms with E-state index >= 15 is 0 Å². The number of hydrogen-bond donors (Lipinski definition) is 2. The molecule has 0 bridgehead atoms. The van der Waals surface area contributed by atoms with Gasteiger partial charge >= 0.3 is 0 Å². The van der Waals surface area contributed by atoms with E-state index in [0.717, 1.165) is 5.56 Å². The molecule has 2 N–H and O–H groups in total. The molecule has 0 heterocycles. The minimum Gasteiger partial charge on any atom is -0.387 e. The lowest BCUT2D eigenvalue weighted by atomic mass is 9.96. The number of aliphatic hydroxyl groups excluding tert-OH is 1. The van der Waals surface area contributed by atoms with Gasteiger partial charge in [0, 0.05) is 17.2 Å². The maximum Gasteiger partial charge on any atom is 0.193 e. The molecule has 2 rings (SSSR count). The van der Waals surface area contributed by atoms with Gasteiger partial charge < -0.3 is 10.4 Å². The Kier molecular flexibility index (Phi) is 5.29. The van der Waals surface area contributed by atoms with E-state index in [-0.39, 0.29) is 29.8 Å². The standard InChI is InChI=1S/C15H19NO2.ClH/c1-9(2)13(16-3)15(18)12-11(14(12)17)10-7-5-4-6-8-10;/h4-9,13,15-16,18H,1-3H3;1H/t13-,15?;/m0./s1. The summed E-state index contributed by atoms with van der Waals surface area (Å²) in [7, 11) is 1.81. The van der Waals surface area contributed by atoms with E-state index in [2.05, 4.69) is 5.32 Å². The van der Waals surface area contributed by atoms with Crippen LogP contribution in [0.15, 0.2) is 35.1 Å². The monoisotopic (exact) mass is 281 g/mol. The van der Waals surface area contributed by atoms with E-state index in [1.165, 1.54) is 0 Å². The topological polar surface area (TPSA) is 49.3 Å². The molecular weight excluding hydrogens is 262 g/mol. The zero-order valence-electron chi connectivity index (χ0n) is 11.4. The van der Waals surface area contributed by atoms with Crippen molar-refractivity contribution in [3.63, 3.8) is 0 Å². The summed E-state index contributed by atoms with van der Waals surface area (Å²) in [5.74, 6) is 0.267. The van der Waals surface area contributed by atoms with Gasteiger partial charge in [0.15, 0.2) is 5.43 Å². The molecule has 0 aliphatic heterocycles. The SMILES string of the molecule is CN[C@@H](C(C)C)C(O)c1c(-c2ccccc2)c1=O.Cl. The third-order valence-electron chi connectivity index (χ3n) is 3.43. The Labute approximate surface area is 119 Å². The van der Waals surface area contributed by atoms with Gasteiger partial charge in [-0.2, -0.15) is 0 Å². The number of likely N-dealkylation sites (N-methyl/N-ethyl adjacent to an activating group) is 1. The van der Waals surface area contributed by atoms with Crippen LogP contribution in [-0.2, 0) is 0 Å². The zero-order valence-corrected chi connectivity index (χ0v) is 12.2. The minimum atomic E-state index is -0.724. The third-order valence-corrected chi connectivity index (χ3v) is 3.43. The van der Waals surface area contributed by atoms with Gasteiger partial charge in [0.1, 0.15) is 0 Å². The van der Waals surface area contributed by atoms with Crippen LogP contribution < -0.4 is 10.7 Å². The fourth-order valence-electron chi connectivity index (χ4n) is 2.39. The molecule has 0 spiro atoms. The van der Waals surface area contributed by atoms with Crippen LogP contribution in [0.3, 0.4) is 0 Å². The first-order valence-corrected chi connectivity index (χ1v) is 6.27. The number of halogens is 1.